The summed E-state index contributed by atoms with van der Waals surface area (Å²) in [6, 6.07) is 12.0. The Hall–Kier alpha value is 1.42. The fraction of sp³-hybridized carbons (Fsp3) is 0. The predicted octanol–water partition coefficient (Wildman–Crippen LogP) is 7.31. The second-order valence-corrected chi connectivity index (χ2v) is 15.2. The molecule has 0 aliphatic carbocycles. The van der Waals surface area contributed by atoms with E-state index < -0.39 is 10.4 Å². The summed E-state index contributed by atoms with van der Waals surface area (Å²) in [5.41, 5.74) is 0. The molecule has 0 heterocycles. The van der Waals surface area contributed by atoms with Crippen LogP contribution in [0.15, 0.2) is 36.4 Å². The van der Waals surface area contributed by atoms with Gasteiger partial charge in [0.15, 0.2) is 0 Å². The third-order valence-corrected chi connectivity index (χ3v) is 0.667. The summed E-state index contributed by atoms with van der Waals surface area (Å²) in [6.07, 6.45) is 0. The molecule has 16 heavy (non-hydrogen) atoms. The topological polar surface area (TPSA) is 34.1 Å². The zero-order chi connectivity index (χ0) is 13.2. The maximum atomic E-state index is 9.51. The van der Waals surface area contributed by atoms with Crippen LogP contribution >= 0.6 is 77.8 Å². The highest BCUT2D eigenvalue weighted by Gasteiger charge is 2.03. The lowest BCUT2D eigenvalue weighted by Gasteiger charge is -1.74. The van der Waals surface area contributed by atoms with Crippen molar-refractivity contribution in [2.45, 2.75) is 0 Å². The Balaban J connectivity index is 0. The number of hydrogen-bond donors (Lipinski definition) is 0. The molecule has 0 unspecified atom stereocenters. The highest BCUT2D eigenvalue weighted by molar-refractivity contribution is 8.25. The number of rotatable bonds is 0. The molecule has 0 saturated carbocycles. The van der Waals surface area contributed by atoms with Crippen molar-refractivity contribution in [1.82, 2.24) is 0 Å². The molecule has 94 valence electrons. The maximum absolute atomic E-state index is 9.51. The van der Waals surface area contributed by atoms with Gasteiger partial charge in [-0.05, 0) is 67.4 Å². The molecule has 0 aliphatic rings. The van der Waals surface area contributed by atoms with Crippen molar-refractivity contribution >= 4 is 77.8 Å². The molecule has 1 aromatic carbocycles. The molecular weight excluding hydrogens is 379 g/mol. The molecule has 0 bridgehead atoms. The first kappa shape index (κ1) is 19.8. The zero-order valence-corrected chi connectivity index (χ0v) is 13.8. The van der Waals surface area contributed by atoms with Crippen LogP contribution in [0, 0.1) is 0 Å². The van der Waals surface area contributed by atoms with Crippen LogP contribution in [0.5, 0.6) is 0 Å². The summed E-state index contributed by atoms with van der Waals surface area (Å²) in [5.74, 6) is 0. The summed E-state index contributed by atoms with van der Waals surface area (Å²) in [4.78, 5) is 0. The van der Waals surface area contributed by atoms with E-state index in [9.17, 15) is 9.13 Å². The Labute approximate surface area is 123 Å². The second-order valence-electron chi connectivity index (χ2n) is 1.95. The van der Waals surface area contributed by atoms with Crippen molar-refractivity contribution in [2.75, 3.05) is 0 Å². The van der Waals surface area contributed by atoms with Crippen molar-refractivity contribution in [3.63, 3.8) is 0 Å². The summed E-state index contributed by atoms with van der Waals surface area (Å²) < 4.78 is 19.0. The number of benzene rings is 1. The van der Waals surface area contributed by atoms with Gasteiger partial charge in [0.2, 0.25) is 0 Å². The van der Waals surface area contributed by atoms with Gasteiger partial charge in [-0.25, -0.2) is 0 Å². The normalized spacial score (nSPS) is 10.4. The minimum absolute atomic E-state index is 2.00. The van der Waals surface area contributed by atoms with Gasteiger partial charge < -0.3 is 0 Å². The highest BCUT2D eigenvalue weighted by Crippen LogP contribution is 2.61. The van der Waals surface area contributed by atoms with Crippen molar-refractivity contribution in [1.29, 1.82) is 0 Å². The SMILES string of the molecule is O=P(Cl)(Cl)Cl.O=P(Cl)(Cl)Cl.c1ccccc1. The Morgan fingerprint density at radius 3 is 0.625 bits per heavy atom. The molecule has 1 rings (SSSR count). The predicted molar refractivity (Wildman–Crippen MR) is 76.8 cm³/mol. The molecule has 0 aromatic heterocycles. The van der Waals surface area contributed by atoms with Crippen LogP contribution in [0.3, 0.4) is 0 Å². The van der Waals surface area contributed by atoms with Gasteiger partial charge in [0, 0.05) is 0 Å². The lowest BCUT2D eigenvalue weighted by molar-refractivity contribution is 0.599. The third-order valence-electron chi connectivity index (χ3n) is 0.667. The van der Waals surface area contributed by atoms with Gasteiger partial charge in [-0.1, -0.05) is 36.4 Å². The summed E-state index contributed by atoms with van der Waals surface area (Å²) in [7, 11) is 0. The Bertz CT molecular complexity index is 284. The van der Waals surface area contributed by atoms with Gasteiger partial charge >= 0.3 is 10.4 Å². The van der Waals surface area contributed by atoms with Gasteiger partial charge in [0.1, 0.15) is 0 Å². The quantitative estimate of drug-likeness (QED) is 0.439. The van der Waals surface area contributed by atoms with Gasteiger partial charge in [-0.15, -0.1) is 0 Å². The second kappa shape index (κ2) is 10.4. The zero-order valence-electron chi connectivity index (χ0n) is 7.44. The van der Waals surface area contributed by atoms with Gasteiger partial charge in [0.25, 0.3) is 0 Å². The van der Waals surface area contributed by atoms with Crippen LogP contribution in [0.2, 0.25) is 0 Å². The molecule has 0 spiro atoms. The molecule has 0 atom stereocenters. The van der Waals surface area contributed by atoms with E-state index in [0.29, 0.717) is 0 Å². The van der Waals surface area contributed by atoms with Crippen molar-refractivity contribution < 1.29 is 9.13 Å². The molecule has 10 heteroatoms. The van der Waals surface area contributed by atoms with E-state index in [0.717, 1.165) is 0 Å². The van der Waals surface area contributed by atoms with E-state index in [1.807, 2.05) is 36.4 Å². The van der Waals surface area contributed by atoms with Crippen LogP contribution in [-0.4, -0.2) is 0 Å². The third kappa shape index (κ3) is 58.2. The first-order chi connectivity index (χ1) is 7.00. The first-order valence-electron chi connectivity index (χ1n) is 3.38. The average Bonchev–Trinajstić information content (AvgIpc) is 2.01. The van der Waals surface area contributed by atoms with E-state index in [-0.39, 0.29) is 0 Å². The van der Waals surface area contributed by atoms with E-state index in [4.69, 9.17) is 0 Å². The maximum Gasteiger partial charge on any atom is 0.339 e. The summed E-state index contributed by atoms with van der Waals surface area (Å²) in [5, 5.41) is -6.44. The van der Waals surface area contributed by atoms with E-state index >= 15 is 0 Å². The lowest BCUT2D eigenvalue weighted by atomic mass is 10.4. The molecule has 0 N–H and O–H groups in total. The molecule has 1 aromatic rings. The molecule has 0 fully saturated rings. The van der Waals surface area contributed by atoms with Gasteiger partial charge in [-0.2, -0.15) is 0 Å². The molecular formula is C6H6Cl6O2P2. The van der Waals surface area contributed by atoms with Crippen molar-refractivity contribution in [3.8, 4) is 0 Å². The van der Waals surface area contributed by atoms with Crippen molar-refractivity contribution in [2.24, 2.45) is 0 Å². The van der Waals surface area contributed by atoms with Crippen molar-refractivity contribution in [3.05, 3.63) is 36.4 Å². The lowest BCUT2D eigenvalue weighted by Crippen LogP contribution is -1.47. The largest absolute Gasteiger partial charge is 0.339 e. The number of halogens is 6. The molecule has 2 nitrogen and oxygen atoms in total. The van der Waals surface area contributed by atoms with Gasteiger partial charge in [0.05, 0.1) is 0 Å². The van der Waals surface area contributed by atoms with E-state index in [1.54, 1.807) is 0 Å². The average molecular weight is 385 g/mol. The van der Waals surface area contributed by atoms with Crippen LogP contribution in [0.1, 0.15) is 0 Å². The van der Waals surface area contributed by atoms with E-state index in [1.165, 1.54) is 0 Å². The standard InChI is InChI=1S/C6H6.2Cl3OP/c1-2-4-6-5-3-1;2*1-5(2,3)4/h1-6H;;. The first-order valence-corrected chi connectivity index (χ1v) is 12.2. The smallest absolute Gasteiger partial charge is 0.271 e. The number of hydrogen-bond acceptors (Lipinski definition) is 2. The molecule has 0 radical (unpaired) electrons. The fourth-order valence-corrected chi connectivity index (χ4v) is 0.385. The van der Waals surface area contributed by atoms with Crippen LogP contribution in [0.4, 0.5) is 0 Å². The van der Waals surface area contributed by atoms with Crippen LogP contribution < -0.4 is 0 Å². The summed E-state index contributed by atoms with van der Waals surface area (Å²) >= 11 is 27.7. The monoisotopic (exact) mass is 382 g/mol. The van der Waals surface area contributed by atoms with Gasteiger partial charge in [-0.3, -0.25) is 9.13 Å². The van der Waals surface area contributed by atoms with Crippen LogP contribution in [0.25, 0.3) is 0 Å². The molecule has 0 saturated heterocycles. The minimum atomic E-state index is -3.22. The summed E-state index contributed by atoms with van der Waals surface area (Å²) in [6.45, 7) is 0. The van der Waals surface area contributed by atoms with Crippen LogP contribution in [-0.2, 0) is 9.13 Å². The Morgan fingerprint density at radius 2 is 0.562 bits per heavy atom. The molecule has 0 amide bonds. The Morgan fingerprint density at radius 1 is 0.500 bits per heavy atom. The fourth-order valence-electron chi connectivity index (χ4n) is 0.385. The minimum Gasteiger partial charge on any atom is -0.271 e. The molecule has 0 aliphatic heterocycles. The van der Waals surface area contributed by atoms with E-state index in [2.05, 4.69) is 67.4 Å². The Kier molecular flexibility index (Phi) is 12.8. The highest BCUT2D eigenvalue weighted by atomic mass is 36.1.